The Morgan fingerprint density at radius 3 is 2.74 bits per heavy atom. The summed E-state index contributed by atoms with van der Waals surface area (Å²) in [6, 6.07) is 7.68. The zero-order chi connectivity index (χ0) is 28.0. The van der Waals surface area contributed by atoms with E-state index in [1.54, 1.807) is 6.92 Å². The van der Waals surface area contributed by atoms with Gasteiger partial charge in [0.2, 0.25) is 5.91 Å². The number of hydrogen-bond acceptors (Lipinski definition) is 5. The van der Waals surface area contributed by atoms with Gasteiger partial charge in [-0.25, -0.2) is 9.78 Å². The first-order valence-corrected chi connectivity index (χ1v) is 13.7. The van der Waals surface area contributed by atoms with E-state index in [1.807, 2.05) is 0 Å². The van der Waals surface area contributed by atoms with Gasteiger partial charge in [-0.15, -0.1) is 0 Å². The number of ether oxygens (including phenoxy) is 1. The van der Waals surface area contributed by atoms with E-state index in [1.165, 1.54) is 17.7 Å². The Labute approximate surface area is 226 Å². The standard InChI is InChI=1S/C29H36F3N3O4/c1-2-24(20-5-3-7-21(17-20)29(30,31)32)27(36)35-25(28(37)38)12-14-39-23-15-18(16-23)8-10-22-11-9-19-6-4-13-33-26(19)34-22/h3,5,7,9,11,17-18,23-25H,2,4,6,8,10,12-16H2,1H3,(H,33,34)(H,35,36)(H,37,38)/t18?,23?,24?,25-/m0/s1. The summed E-state index contributed by atoms with van der Waals surface area (Å²) in [4.78, 5) is 29.3. The number of anilines is 1. The number of carbonyl (C=O) groups excluding carboxylic acids is 1. The Morgan fingerprint density at radius 2 is 2.03 bits per heavy atom. The lowest BCUT2D eigenvalue weighted by Crippen LogP contribution is -2.44. The number of nitrogens with one attached hydrogen (secondary N) is 2. The van der Waals surface area contributed by atoms with Crippen molar-refractivity contribution in [3.8, 4) is 0 Å². The molecule has 1 aliphatic carbocycles. The lowest BCUT2D eigenvalue weighted by Gasteiger charge is -2.35. The predicted octanol–water partition coefficient (Wildman–Crippen LogP) is 5.34. The normalized spacial score (nSPS) is 20.2. The highest BCUT2D eigenvalue weighted by Gasteiger charge is 2.33. The molecule has 7 nitrogen and oxygen atoms in total. The van der Waals surface area contributed by atoms with E-state index in [2.05, 4.69) is 22.8 Å². The number of nitrogens with zero attached hydrogens (tertiary/aromatic N) is 1. The highest BCUT2D eigenvalue weighted by atomic mass is 19.4. The van der Waals surface area contributed by atoms with Gasteiger partial charge in [0.1, 0.15) is 11.9 Å². The molecule has 4 rings (SSSR count). The highest BCUT2D eigenvalue weighted by Crippen LogP contribution is 2.34. The Balaban J connectivity index is 1.19. The number of carboxylic acid groups (broad SMARTS) is 1. The molecule has 1 unspecified atom stereocenters. The van der Waals surface area contributed by atoms with Gasteiger partial charge in [0.15, 0.2) is 0 Å². The molecule has 2 atom stereocenters. The van der Waals surface area contributed by atoms with E-state index in [9.17, 15) is 27.9 Å². The van der Waals surface area contributed by atoms with Gasteiger partial charge in [0, 0.05) is 25.3 Å². The van der Waals surface area contributed by atoms with Gasteiger partial charge in [-0.05, 0) is 74.1 Å². The van der Waals surface area contributed by atoms with Crippen LogP contribution in [0, 0.1) is 5.92 Å². The smallest absolute Gasteiger partial charge is 0.416 e. The van der Waals surface area contributed by atoms with Crippen LogP contribution in [-0.2, 0) is 33.3 Å². The minimum Gasteiger partial charge on any atom is -0.480 e. The molecule has 2 heterocycles. The molecule has 2 aromatic rings. The zero-order valence-corrected chi connectivity index (χ0v) is 22.1. The topological polar surface area (TPSA) is 101 Å². The van der Waals surface area contributed by atoms with Crippen LogP contribution in [0.15, 0.2) is 36.4 Å². The van der Waals surface area contributed by atoms with Crippen molar-refractivity contribution >= 4 is 17.7 Å². The molecule has 2 aliphatic rings. The summed E-state index contributed by atoms with van der Waals surface area (Å²) in [6.45, 7) is 2.81. The van der Waals surface area contributed by atoms with Crippen LogP contribution in [0.2, 0.25) is 0 Å². The highest BCUT2D eigenvalue weighted by molar-refractivity contribution is 5.88. The second-order valence-corrected chi connectivity index (χ2v) is 10.5. The summed E-state index contributed by atoms with van der Waals surface area (Å²) in [5, 5.41) is 15.5. The number of carbonyl (C=O) groups is 2. The van der Waals surface area contributed by atoms with Crippen molar-refractivity contribution in [3.05, 3.63) is 58.8 Å². The molecule has 3 N–H and O–H groups in total. The molecule has 0 spiro atoms. The number of carboxylic acids is 1. The molecule has 10 heteroatoms. The minimum atomic E-state index is -4.53. The predicted molar refractivity (Wildman–Crippen MR) is 140 cm³/mol. The van der Waals surface area contributed by atoms with Crippen molar-refractivity contribution in [2.75, 3.05) is 18.5 Å². The third-order valence-electron chi connectivity index (χ3n) is 7.67. The molecule has 39 heavy (non-hydrogen) atoms. The number of amides is 1. The number of aliphatic carboxylic acids is 1. The van der Waals surface area contributed by atoms with E-state index >= 15 is 0 Å². The SMILES string of the molecule is CCC(C(=O)N[C@@H](CCOC1CC(CCc2ccc3c(n2)NCCC3)C1)C(=O)O)c1cccc(C(F)(F)F)c1. The third-order valence-corrected chi connectivity index (χ3v) is 7.67. The molecular formula is C29H36F3N3O4. The molecule has 1 aromatic heterocycles. The second kappa shape index (κ2) is 12.8. The van der Waals surface area contributed by atoms with Crippen LogP contribution in [0.5, 0.6) is 0 Å². The lowest BCUT2D eigenvalue weighted by molar-refractivity contribution is -0.143. The number of alkyl halides is 3. The summed E-state index contributed by atoms with van der Waals surface area (Å²) in [6.07, 6.45) is 1.78. The largest absolute Gasteiger partial charge is 0.480 e. The number of benzene rings is 1. The van der Waals surface area contributed by atoms with Crippen molar-refractivity contribution < 1.29 is 32.6 Å². The Hall–Kier alpha value is -3.14. The van der Waals surface area contributed by atoms with Crippen LogP contribution in [0.1, 0.15) is 73.8 Å². The van der Waals surface area contributed by atoms with Gasteiger partial charge in [-0.3, -0.25) is 4.79 Å². The number of pyridine rings is 1. The van der Waals surface area contributed by atoms with Crippen molar-refractivity contribution in [1.29, 1.82) is 0 Å². The van der Waals surface area contributed by atoms with Gasteiger partial charge in [-0.1, -0.05) is 31.2 Å². The second-order valence-electron chi connectivity index (χ2n) is 10.5. The first kappa shape index (κ1) is 28.9. The van der Waals surface area contributed by atoms with Crippen LogP contribution in [0.25, 0.3) is 0 Å². The Morgan fingerprint density at radius 1 is 1.23 bits per heavy atom. The van der Waals surface area contributed by atoms with E-state index in [0.717, 1.165) is 68.7 Å². The molecule has 1 amide bonds. The molecule has 0 radical (unpaired) electrons. The van der Waals surface area contributed by atoms with Crippen LogP contribution >= 0.6 is 0 Å². The maximum atomic E-state index is 13.1. The van der Waals surface area contributed by atoms with E-state index in [0.29, 0.717) is 5.92 Å². The molecule has 0 saturated heterocycles. The average molecular weight is 548 g/mol. The zero-order valence-electron chi connectivity index (χ0n) is 22.1. The number of rotatable bonds is 12. The molecule has 1 saturated carbocycles. The minimum absolute atomic E-state index is 0.0619. The van der Waals surface area contributed by atoms with Crippen LogP contribution in [-0.4, -0.2) is 47.3 Å². The fraction of sp³-hybridized carbons (Fsp3) is 0.552. The number of aryl methyl sites for hydroxylation is 2. The Kier molecular flexibility index (Phi) is 9.48. The molecule has 1 aromatic carbocycles. The van der Waals surface area contributed by atoms with Gasteiger partial charge < -0.3 is 20.5 Å². The first-order chi connectivity index (χ1) is 18.6. The summed E-state index contributed by atoms with van der Waals surface area (Å²) < 4.78 is 45.1. The fourth-order valence-electron chi connectivity index (χ4n) is 5.29. The first-order valence-electron chi connectivity index (χ1n) is 13.7. The lowest BCUT2D eigenvalue weighted by atomic mass is 9.79. The number of aromatic nitrogens is 1. The van der Waals surface area contributed by atoms with Crippen LogP contribution < -0.4 is 10.6 Å². The number of halogens is 3. The van der Waals surface area contributed by atoms with Gasteiger partial charge >= 0.3 is 12.1 Å². The third kappa shape index (κ3) is 7.71. The maximum absolute atomic E-state index is 13.1. The summed E-state index contributed by atoms with van der Waals surface area (Å²) >= 11 is 0. The summed E-state index contributed by atoms with van der Waals surface area (Å²) in [7, 11) is 0. The van der Waals surface area contributed by atoms with E-state index in [4.69, 9.17) is 9.72 Å². The van der Waals surface area contributed by atoms with Crippen LogP contribution in [0.4, 0.5) is 19.0 Å². The van der Waals surface area contributed by atoms with Crippen molar-refractivity contribution in [2.24, 2.45) is 5.92 Å². The summed E-state index contributed by atoms with van der Waals surface area (Å²) in [5.74, 6) is -1.16. The summed E-state index contributed by atoms with van der Waals surface area (Å²) in [5.41, 5.74) is 1.72. The van der Waals surface area contributed by atoms with Gasteiger partial charge in [0.05, 0.1) is 17.6 Å². The molecule has 1 fully saturated rings. The van der Waals surface area contributed by atoms with Crippen molar-refractivity contribution in [1.82, 2.24) is 10.3 Å². The quantitative estimate of drug-likeness (QED) is 0.332. The number of fused-ring (bicyclic) bond motifs is 1. The van der Waals surface area contributed by atoms with Crippen LogP contribution in [0.3, 0.4) is 0 Å². The van der Waals surface area contributed by atoms with Gasteiger partial charge in [-0.2, -0.15) is 13.2 Å². The van der Waals surface area contributed by atoms with E-state index < -0.39 is 35.6 Å². The van der Waals surface area contributed by atoms with Crippen molar-refractivity contribution in [3.63, 3.8) is 0 Å². The van der Waals surface area contributed by atoms with E-state index in [-0.39, 0.29) is 31.1 Å². The van der Waals surface area contributed by atoms with Crippen molar-refractivity contribution in [2.45, 2.75) is 82.5 Å². The average Bonchev–Trinajstić information content (AvgIpc) is 2.88. The Bertz CT molecular complexity index is 1150. The molecule has 1 aliphatic heterocycles. The van der Waals surface area contributed by atoms with Gasteiger partial charge in [0.25, 0.3) is 0 Å². The number of hydrogen-bond donors (Lipinski definition) is 3. The maximum Gasteiger partial charge on any atom is 0.416 e. The molecular weight excluding hydrogens is 511 g/mol. The monoisotopic (exact) mass is 547 g/mol. The molecule has 0 bridgehead atoms. The fourth-order valence-corrected chi connectivity index (χ4v) is 5.29. The molecule has 212 valence electrons.